The van der Waals surface area contributed by atoms with Crippen LogP contribution in [0, 0.1) is 0 Å². The van der Waals surface area contributed by atoms with Gasteiger partial charge in [-0.3, -0.25) is 9.69 Å². The van der Waals surface area contributed by atoms with Gasteiger partial charge in [0.1, 0.15) is 0 Å². The Bertz CT molecular complexity index is 237. The van der Waals surface area contributed by atoms with Crippen LogP contribution in [-0.4, -0.2) is 59.1 Å². The molecule has 0 radical (unpaired) electrons. The van der Waals surface area contributed by atoms with Gasteiger partial charge >= 0.3 is 0 Å². The van der Waals surface area contributed by atoms with E-state index >= 15 is 0 Å². The number of hydrogen-bond acceptors (Lipinski definition) is 3. The Kier molecular flexibility index (Phi) is 3.26. The number of amides is 1. The lowest BCUT2D eigenvalue weighted by atomic mass is 10.1. The number of hydrogen-bond donors (Lipinski definition) is 1. The van der Waals surface area contributed by atoms with Crippen LogP contribution in [0.25, 0.3) is 0 Å². The second-order valence-corrected chi connectivity index (χ2v) is 4.61. The van der Waals surface area contributed by atoms with Crippen molar-refractivity contribution >= 4 is 5.91 Å². The van der Waals surface area contributed by atoms with E-state index in [-0.39, 0.29) is 12.0 Å². The van der Waals surface area contributed by atoms with Crippen molar-refractivity contribution in [1.82, 2.24) is 9.80 Å². The molecule has 1 saturated carbocycles. The predicted octanol–water partition coefficient (Wildman–Crippen LogP) is 0.0639. The van der Waals surface area contributed by atoms with E-state index in [1.54, 1.807) is 6.92 Å². The predicted molar refractivity (Wildman–Crippen MR) is 57.5 cm³/mol. The van der Waals surface area contributed by atoms with Gasteiger partial charge in [-0.2, -0.15) is 0 Å². The highest BCUT2D eigenvalue weighted by atomic mass is 16.3. The summed E-state index contributed by atoms with van der Waals surface area (Å²) in [6.45, 7) is 5.10. The van der Waals surface area contributed by atoms with Gasteiger partial charge in [-0.25, -0.2) is 0 Å². The van der Waals surface area contributed by atoms with Crippen molar-refractivity contribution in [3.8, 4) is 0 Å². The lowest BCUT2D eigenvalue weighted by molar-refractivity contribution is -0.131. The molecule has 2 rings (SSSR count). The molecule has 1 saturated heterocycles. The van der Waals surface area contributed by atoms with Crippen molar-refractivity contribution in [2.24, 2.45) is 0 Å². The van der Waals surface area contributed by atoms with Crippen LogP contribution in [0.15, 0.2) is 0 Å². The third-order valence-corrected chi connectivity index (χ3v) is 3.67. The molecule has 2 atom stereocenters. The van der Waals surface area contributed by atoms with Crippen LogP contribution in [0.1, 0.15) is 26.2 Å². The zero-order valence-electron chi connectivity index (χ0n) is 9.35. The number of aliphatic hydroxyl groups is 1. The van der Waals surface area contributed by atoms with Gasteiger partial charge in [0, 0.05) is 39.1 Å². The van der Waals surface area contributed by atoms with Crippen LogP contribution >= 0.6 is 0 Å². The first-order valence-electron chi connectivity index (χ1n) is 5.86. The summed E-state index contributed by atoms with van der Waals surface area (Å²) in [5, 5.41) is 9.79. The number of aliphatic hydroxyl groups excluding tert-OH is 1. The van der Waals surface area contributed by atoms with Crippen molar-refractivity contribution in [3.63, 3.8) is 0 Å². The summed E-state index contributed by atoms with van der Waals surface area (Å²) < 4.78 is 0. The number of carbonyl (C=O) groups is 1. The Morgan fingerprint density at radius 1 is 1.20 bits per heavy atom. The quantitative estimate of drug-likeness (QED) is 0.668. The second kappa shape index (κ2) is 4.49. The van der Waals surface area contributed by atoms with Gasteiger partial charge < -0.3 is 10.0 Å². The highest BCUT2D eigenvalue weighted by molar-refractivity contribution is 5.73. The Hall–Kier alpha value is -0.610. The summed E-state index contributed by atoms with van der Waals surface area (Å²) in [6, 6.07) is 0.346. The molecule has 0 aromatic heterocycles. The molecule has 86 valence electrons. The zero-order valence-corrected chi connectivity index (χ0v) is 9.35. The van der Waals surface area contributed by atoms with Gasteiger partial charge in [-0.05, 0) is 19.3 Å². The highest BCUT2D eigenvalue weighted by Gasteiger charge is 2.32. The molecule has 2 fully saturated rings. The molecule has 0 aromatic rings. The minimum Gasteiger partial charge on any atom is -0.391 e. The van der Waals surface area contributed by atoms with Crippen molar-refractivity contribution < 1.29 is 9.90 Å². The lowest BCUT2D eigenvalue weighted by Crippen LogP contribution is -2.53. The van der Waals surface area contributed by atoms with Gasteiger partial charge in [0.05, 0.1) is 6.10 Å². The van der Waals surface area contributed by atoms with E-state index in [1.165, 1.54) is 0 Å². The maximum absolute atomic E-state index is 11.1. The summed E-state index contributed by atoms with van der Waals surface area (Å²) in [6.07, 6.45) is 3.05. The molecule has 1 N–H and O–H groups in total. The SMILES string of the molecule is CC(=O)N1CCN([C@@H]2CCC[C@H]2O)CC1. The third kappa shape index (κ3) is 2.32. The zero-order chi connectivity index (χ0) is 10.8. The molecule has 1 aliphatic heterocycles. The largest absolute Gasteiger partial charge is 0.391 e. The third-order valence-electron chi connectivity index (χ3n) is 3.67. The molecular weight excluding hydrogens is 192 g/mol. The molecule has 1 heterocycles. The van der Waals surface area contributed by atoms with Crippen LogP contribution in [0.3, 0.4) is 0 Å². The van der Waals surface area contributed by atoms with Gasteiger partial charge in [0.15, 0.2) is 0 Å². The number of piperazine rings is 1. The molecular formula is C11H20N2O2. The first-order valence-corrected chi connectivity index (χ1v) is 5.86. The van der Waals surface area contributed by atoms with Gasteiger partial charge in [0.2, 0.25) is 5.91 Å². The van der Waals surface area contributed by atoms with Gasteiger partial charge in [0.25, 0.3) is 0 Å². The first kappa shape index (κ1) is 10.9. The Morgan fingerprint density at radius 3 is 2.33 bits per heavy atom. The fourth-order valence-corrected chi connectivity index (χ4v) is 2.72. The van der Waals surface area contributed by atoms with Crippen LogP contribution in [0.2, 0.25) is 0 Å². The van der Waals surface area contributed by atoms with E-state index in [9.17, 15) is 9.90 Å². The van der Waals surface area contributed by atoms with E-state index in [2.05, 4.69) is 4.90 Å². The minimum atomic E-state index is -0.145. The highest BCUT2D eigenvalue weighted by Crippen LogP contribution is 2.24. The first-order chi connectivity index (χ1) is 7.18. The van der Waals surface area contributed by atoms with E-state index < -0.39 is 0 Å². The summed E-state index contributed by atoms with van der Waals surface area (Å²) in [7, 11) is 0. The fraction of sp³-hybridized carbons (Fsp3) is 0.909. The normalized spacial score (nSPS) is 33.3. The Balaban J connectivity index is 1.85. The maximum Gasteiger partial charge on any atom is 0.219 e. The summed E-state index contributed by atoms with van der Waals surface area (Å²) in [5.41, 5.74) is 0. The number of nitrogens with zero attached hydrogens (tertiary/aromatic N) is 2. The van der Waals surface area contributed by atoms with E-state index in [0.29, 0.717) is 6.04 Å². The Labute approximate surface area is 90.9 Å². The number of rotatable bonds is 1. The van der Waals surface area contributed by atoms with Gasteiger partial charge in [-0.15, -0.1) is 0 Å². The average Bonchev–Trinajstić information content (AvgIpc) is 2.65. The van der Waals surface area contributed by atoms with Crippen molar-refractivity contribution in [2.75, 3.05) is 26.2 Å². The molecule has 4 nitrogen and oxygen atoms in total. The molecule has 15 heavy (non-hydrogen) atoms. The molecule has 0 aromatic carbocycles. The van der Waals surface area contributed by atoms with E-state index in [0.717, 1.165) is 45.4 Å². The van der Waals surface area contributed by atoms with E-state index in [4.69, 9.17) is 0 Å². The van der Waals surface area contributed by atoms with Crippen LogP contribution in [0.5, 0.6) is 0 Å². The lowest BCUT2D eigenvalue weighted by Gasteiger charge is -2.38. The van der Waals surface area contributed by atoms with Gasteiger partial charge in [-0.1, -0.05) is 0 Å². The number of carbonyl (C=O) groups excluding carboxylic acids is 1. The van der Waals surface area contributed by atoms with Crippen LogP contribution < -0.4 is 0 Å². The van der Waals surface area contributed by atoms with Crippen LogP contribution in [0.4, 0.5) is 0 Å². The van der Waals surface area contributed by atoms with E-state index in [1.807, 2.05) is 4.90 Å². The minimum absolute atomic E-state index is 0.145. The van der Waals surface area contributed by atoms with Crippen molar-refractivity contribution in [2.45, 2.75) is 38.3 Å². The fourth-order valence-electron chi connectivity index (χ4n) is 2.72. The monoisotopic (exact) mass is 212 g/mol. The molecule has 0 unspecified atom stereocenters. The maximum atomic E-state index is 11.1. The molecule has 0 bridgehead atoms. The topological polar surface area (TPSA) is 43.8 Å². The second-order valence-electron chi connectivity index (χ2n) is 4.61. The van der Waals surface area contributed by atoms with Crippen molar-refractivity contribution in [3.05, 3.63) is 0 Å². The molecule has 2 aliphatic rings. The summed E-state index contributed by atoms with van der Waals surface area (Å²) in [4.78, 5) is 15.4. The molecule has 0 spiro atoms. The standard InChI is InChI=1S/C11H20N2O2/c1-9(14)12-5-7-13(8-6-12)10-3-2-4-11(10)15/h10-11,15H,2-8H2,1H3/t10-,11-/m1/s1. The summed E-state index contributed by atoms with van der Waals surface area (Å²) >= 11 is 0. The van der Waals surface area contributed by atoms with Crippen LogP contribution in [-0.2, 0) is 4.79 Å². The Morgan fingerprint density at radius 2 is 1.87 bits per heavy atom. The van der Waals surface area contributed by atoms with Crippen molar-refractivity contribution in [1.29, 1.82) is 0 Å². The average molecular weight is 212 g/mol. The molecule has 4 heteroatoms. The molecule has 1 amide bonds. The molecule has 1 aliphatic carbocycles. The summed E-state index contributed by atoms with van der Waals surface area (Å²) in [5.74, 6) is 0.168. The smallest absolute Gasteiger partial charge is 0.219 e.